The number of amides is 2. The van der Waals surface area contributed by atoms with Gasteiger partial charge >= 0.3 is 11.8 Å². The maximum Gasteiger partial charge on any atom is 0.313 e. The lowest BCUT2D eigenvalue weighted by Crippen LogP contribution is -2.35. The largest absolute Gasteiger partial charge is 0.348 e. The number of carbonyl (C=O) groups excluding carboxylic acids is 2. The van der Waals surface area contributed by atoms with Crippen molar-refractivity contribution in [2.45, 2.75) is 78.1 Å². The normalized spacial score (nSPS) is 10.6. The smallest absolute Gasteiger partial charge is 0.313 e. The highest BCUT2D eigenvalue weighted by Crippen LogP contribution is 2.19. The van der Waals surface area contributed by atoms with Crippen LogP contribution >= 0.6 is 11.6 Å². The predicted molar refractivity (Wildman–Crippen MR) is 110 cm³/mol. The number of rotatable bonds is 12. The Morgan fingerprint density at radius 3 is 2.04 bits per heavy atom. The fourth-order valence-electron chi connectivity index (χ4n) is 2.75. The van der Waals surface area contributed by atoms with Gasteiger partial charge in [-0.3, -0.25) is 9.59 Å². The summed E-state index contributed by atoms with van der Waals surface area (Å²) in [5.41, 5.74) is 1.45. The second-order valence-electron chi connectivity index (χ2n) is 6.86. The van der Waals surface area contributed by atoms with Crippen molar-refractivity contribution in [3.05, 3.63) is 28.8 Å². The van der Waals surface area contributed by atoms with E-state index < -0.39 is 11.8 Å². The molecule has 0 unspecified atom stereocenters. The molecule has 0 aliphatic rings. The van der Waals surface area contributed by atoms with E-state index in [-0.39, 0.29) is 0 Å². The summed E-state index contributed by atoms with van der Waals surface area (Å²) < 4.78 is 0. The van der Waals surface area contributed by atoms with Crippen molar-refractivity contribution in [1.29, 1.82) is 0 Å². The third-order valence-corrected chi connectivity index (χ3v) is 4.86. The molecule has 0 aliphatic heterocycles. The number of anilines is 1. The van der Waals surface area contributed by atoms with Gasteiger partial charge in [0.2, 0.25) is 0 Å². The summed E-state index contributed by atoms with van der Waals surface area (Å²) >= 11 is 6.01. The maximum absolute atomic E-state index is 11.9. The minimum Gasteiger partial charge on any atom is -0.348 e. The number of hydrogen-bond acceptors (Lipinski definition) is 2. The minimum absolute atomic E-state index is 0.527. The Hall–Kier alpha value is -1.55. The first kappa shape index (κ1) is 22.5. The Bertz CT molecular complexity index is 561. The highest BCUT2D eigenvalue weighted by molar-refractivity contribution is 6.39. The van der Waals surface area contributed by atoms with Crippen LogP contribution in [0.3, 0.4) is 0 Å². The molecule has 2 amide bonds. The Morgan fingerprint density at radius 2 is 1.46 bits per heavy atom. The van der Waals surface area contributed by atoms with E-state index in [1.165, 1.54) is 51.4 Å². The van der Waals surface area contributed by atoms with Crippen molar-refractivity contribution < 1.29 is 9.59 Å². The molecule has 2 N–H and O–H groups in total. The number of nitrogens with one attached hydrogen (secondary N) is 2. The summed E-state index contributed by atoms with van der Waals surface area (Å²) in [4.78, 5) is 23.7. The van der Waals surface area contributed by atoms with Crippen LogP contribution in [-0.4, -0.2) is 18.4 Å². The zero-order valence-corrected chi connectivity index (χ0v) is 17.0. The van der Waals surface area contributed by atoms with Crippen LogP contribution < -0.4 is 10.6 Å². The number of aryl methyl sites for hydroxylation is 1. The van der Waals surface area contributed by atoms with Gasteiger partial charge in [-0.1, -0.05) is 82.4 Å². The molecule has 0 saturated heterocycles. The van der Waals surface area contributed by atoms with Crippen LogP contribution in [-0.2, 0) is 9.59 Å². The molecule has 26 heavy (non-hydrogen) atoms. The van der Waals surface area contributed by atoms with Gasteiger partial charge in [0.05, 0.1) is 0 Å². The lowest BCUT2D eigenvalue weighted by atomic mass is 10.1. The van der Waals surface area contributed by atoms with E-state index >= 15 is 0 Å². The van der Waals surface area contributed by atoms with E-state index in [2.05, 4.69) is 17.6 Å². The van der Waals surface area contributed by atoms with Crippen LogP contribution in [0.4, 0.5) is 5.69 Å². The van der Waals surface area contributed by atoms with E-state index in [1.54, 1.807) is 18.2 Å². The van der Waals surface area contributed by atoms with Crippen LogP contribution in [0.25, 0.3) is 0 Å². The lowest BCUT2D eigenvalue weighted by Gasteiger charge is -2.08. The fourth-order valence-corrected chi connectivity index (χ4v) is 2.93. The summed E-state index contributed by atoms with van der Waals surface area (Å²) in [6.07, 6.45) is 12.4. The van der Waals surface area contributed by atoms with Crippen LogP contribution in [0.1, 0.15) is 76.7 Å². The van der Waals surface area contributed by atoms with E-state index in [0.717, 1.165) is 18.4 Å². The average Bonchev–Trinajstić information content (AvgIpc) is 2.62. The first-order valence-corrected chi connectivity index (χ1v) is 10.3. The summed E-state index contributed by atoms with van der Waals surface area (Å²) in [5, 5.41) is 5.80. The first-order valence-electron chi connectivity index (χ1n) is 9.90. The third-order valence-electron chi connectivity index (χ3n) is 4.45. The molecular formula is C21H33ClN2O2. The molecular weight excluding hydrogens is 348 g/mol. The van der Waals surface area contributed by atoms with Gasteiger partial charge in [-0.2, -0.15) is 0 Å². The highest BCUT2D eigenvalue weighted by Gasteiger charge is 2.13. The monoisotopic (exact) mass is 380 g/mol. The summed E-state index contributed by atoms with van der Waals surface area (Å²) in [6, 6.07) is 5.18. The third kappa shape index (κ3) is 9.81. The van der Waals surface area contributed by atoms with Gasteiger partial charge in [-0.25, -0.2) is 0 Å². The molecule has 146 valence electrons. The summed E-state index contributed by atoms with van der Waals surface area (Å²) in [6.45, 7) is 4.66. The van der Waals surface area contributed by atoms with Crippen molar-refractivity contribution in [2.24, 2.45) is 0 Å². The van der Waals surface area contributed by atoms with Gasteiger partial charge < -0.3 is 10.6 Å². The van der Waals surface area contributed by atoms with Crippen molar-refractivity contribution in [1.82, 2.24) is 5.32 Å². The Balaban J connectivity index is 2.05. The fraction of sp³-hybridized carbons (Fsp3) is 0.619. The van der Waals surface area contributed by atoms with E-state index in [0.29, 0.717) is 17.3 Å². The van der Waals surface area contributed by atoms with E-state index in [9.17, 15) is 9.59 Å². The predicted octanol–water partition coefficient (Wildman–Crippen LogP) is 5.62. The number of halogens is 1. The quantitative estimate of drug-likeness (QED) is 0.365. The number of carbonyl (C=O) groups is 2. The van der Waals surface area contributed by atoms with Crippen LogP contribution in [0.2, 0.25) is 5.02 Å². The molecule has 0 spiro atoms. The van der Waals surface area contributed by atoms with Gasteiger partial charge in [-0.15, -0.1) is 0 Å². The number of unbranched alkanes of at least 4 members (excludes halogenated alkanes) is 9. The number of benzene rings is 1. The molecule has 0 atom stereocenters. The minimum atomic E-state index is -0.656. The second kappa shape index (κ2) is 13.6. The first-order chi connectivity index (χ1) is 12.5. The van der Waals surface area contributed by atoms with Gasteiger partial charge in [0, 0.05) is 17.3 Å². The van der Waals surface area contributed by atoms with Crippen molar-refractivity contribution in [3.8, 4) is 0 Å². The molecule has 1 aromatic rings. The zero-order valence-electron chi connectivity index (χ0n) is 16.2. The Morgan fingerprint density at radius 1 is 0.885 bits per heavy atom. The lowest BCUT2D eigenvalue weighted by molar-refractivity contribution is -0.136. The van der Waals surface area contributed by atoms with Gasteiger partial charge in [0.15, 0.2) is 0 Å². The van der Waals surface area contributed by atoms with Gasteiger partial charge in [-0.05, 0) is 31.0 Å². The summed E-state index contributed by atoms with van der Waals surface area (Å²) in [7, 11) is 0. The molecule has 0 bridgehead atoms. The molecule has 0 aromatic heterocycles. The Labute approximate surface area is 163 Å². The van der Waals surface area contributed by atoms with Crippen LogP contribution in [0.15, 0.2) is 18.2 Å². The number of hydrogen-bond donors (Lipinski definition) is 2. The molecule has 0 radical (unpaired) electrons. The molecule has 1 rings (SSSR count). The average molecular weight is 381 g/mol. The van der Waals surface area contributed by atoms with Crippen molar-refractivity contribution in [3.63, 3.8) is 0 Å². The standard InChI is InChI=1S/C21H33ClN2O2/c1-3-4-5-6-7-8-9-10-11-12-15-23-20(25)21(26)24-18-14-13-17(2)19(22)16-18/h13-14,16H,3-12,15H2,1-2H3,(H,23,25)(H,24,26). The van der Waals surface area contributed by atoms with Gasteiger partial charge in [0.1, 0.15) is 0 Å². The summed E-state index contributed by atoms with van der Waals surface area (Å²) in [5.74, 6) is -1.25. The van der Waals surface area contributed by atoms with Crippen LogP contribution in [0.5, 0.6) is 0 Å². The molecule has 0 aliphatic carbocycles. The molecule has 4 nitrogen and oxygen atoms in total. The molecule has 0 saturated carbocycles. The van der Waals surface area contributed by atoms with Crippen LogP contribution in [0, 0.1) is 6.92 Å². The second-order valence-corrected chi connectivity index (χ2v) is 7.26. The molecule has 0 fully saturated rings. The topological polar surface area (TPSA) is 58.2 Å². The zero-order chi connectivity index (χ0) is 19.2. The molecule has 0 heterocycles. The van der Waals surface area contributed by atoms with Crippen molar-refractivity contribution >= 4 is 29.1 Å². The van der Waals surface area contributed by atoms with Crippen molar-refractivity contribution in [2.75, 3.05) is 11.9 Å². The van der Waals surface area contributed by atoms with Gasteiger partial charge in [0.25, 0.3) is 0 Å². The van der Waals surface area contributed by atoms with E-state index in [4.69, 9.17) is 11.6 Å². The van der Waals surface area contributed by atoms with E-state index in [1.807, 2.05) is 6.92 Å². The maximum atomic E-state index is 11.9. The molecule has 1 aromatic carbocycles. The SMILES string of the molecule is CCCCCCCCCCCCNC(=O)C(=O)Nc1ccc(C)c(Cl)c1. The molecule has 5 heteroatoms. The highest BCUT2D eigenvalue weighted by atomic mass is 35.5. The Kier molecular flexibility index (Phi) is 11.8.